The van der Waals surface area contributed by atoms with Crippen LogP contribution in [0.4, 0.5) is 10.5 Å². The standard InChI is InChI=1S/C18H17N3O4/c1-3-25-14-8-6-12(7-9-14)21-17(23)15(16(22)19-18(21)24)11-13-5-4-10-20(13)2/h4-11H,3H2,1-2H3,(H,19,22,24). The van der Waals surface area contributed by atoms with E-state index in [0.29, 0.717) is 23.7 Å². The number of nitrogens with one attached hydrogen (secondary N) is 1. The predicted octanol–water partition coefficient (Wildman–Crippen LogP) is 2.09. The number of amides is 4. The zero-order valence-electron chi connectivity index (χ0n) is 13.9. The number of barbiturate groups is 1. The van der Waals surface area contributed by atoms with Gasteiger partial charge in [-0.2, -0.15) is 0 Å². The van der Waals surface area contributed by atoms with Gasteiger partial charge in [0.05, 0.1) is 12.3 Å². The van der Waals surface area contributed by atoms with Crippen LogP contribution in [0, 0.1) is 0 Å². The monoisotopic (exact) mass is 339 g/mol. The molecule has 1 aromatic heterocycles. The molecule has 1 fully saturated rings. The lowest BCUT2D eigenvalue weighted by Crippen LogP contribution is -2.54. The third kappa shape index (κ3) is 3.16. The van der Waals surface area contributed by atoms with Crippen molar-refractivity contribution in [3.05, 3.63) is 53.9 Å². The Bertz CT molecular complexity index is 865. The zero-order chi connectivity index (χ0) is 18.0. The summed E-state index contributed by atoms with van der Waals surface area (Å²) in [6.45, 7) is 2.38. The third-order valence-electron chi connectivity index (χ3n) is 3.78. The molecule has 2 heterocycles. The second kappa shape index (κ2) is 6.64. The molecule has 2 aromatic rings. The van der Waals surface area contributed by atoms with Crippen LogP contribution in [-0.4, -0.2) is 29.0 Å². The number of ether oxygens (including phenoxy) is 1. The van der Waals surface area contributed by atoms with Gasteiger partial charge in [0.25, 0.3) is 11.8 Å². The molecule has 4 amide bonds. The molecular formula is C18H17N3O4. The van der Waals surface area contributed by atoms with Gasteiger partial charge < -0.3 is 9.30 Å². The molecule has 7 heteroatoms. The van der Waals surface area contributed by atoms with Crippen LogP contribution in [0.2, 0.25) is 0 Å². The summed E-state index contributed by atoms with van der Waals surface area (Å²) in [5.74, 6) is -0.746. The Kier molecular flexibility index (Phi) is 4.38. The maximum Gasteiger partial charge on any atom is 0.335 e. The number of hydrogen-bond donors (Lipinski definition) is 1. The van der Waals surface area contributed by atoms with Gasteiger partial charge in [-0.25, -0.2) is 9.69 Å². The molecule has 1 aliphatic rings. The van der Waals surface area contributed by atoms with Crippen molar-refractivity contribution in [3.63, 3.8) is 0 Å². The first kappa shape index (κ1) is 16.5. The van der Waals surface area contributed by atoms with Crippen LogP contribution in [0.3, 0.4) is 0 Å². The lowest BCUT2D eigenvalue weighted by molar-refractivity contribution is -0.122. The van der Waals surface area contributed by atoms with E-state index in [1.807, 2.05) is 6.92 Å². The Balaban J connectivity index is 1.95. The van der Waals surface area contributed by atoms with E-state index in [9.17, 15) is 14.4 Å². The van der Waals surface area contributed by atoms with E-state index < -0.39 is 17.8 Å². The van der Waals surface area contributed by atoms with Crippen molar-refractivity contribution in [1.29, 1.82) is 0 Å². The Morgan fingerprint density at radius 2 is 1.84 bits per heavy atom. The maximum atomic E-state index is 12.7. The van der Waals surface area contributed by atoms with Gasteiger partial charge in [-0.15, -0.1) is 0 Å². The topological polar surface area (TPSA) is 80.6 Å². The zero-order valence-corrected chi connectivity index (χ0v) is 13.9. The van der Waals surface area contributed by atoms with Crippen molar-refractivity contribution < 1.29 is 19.1 Å². The van der Waals surface area contributed by atoms with Crippen molar-refractivity contribution in [2.75, 3.05) is 11.5 Å². The molecule has 0 aliphatic carbocycles. The van der Waals surface area contributed by atoms with E-state index in [-0.39, 0.29) is 5.57 Å². The summed E-state index contributed by atoms with van der Waals surface area (Å²) in [6.07, 6.45) is 3.26. The smallest absolute Gasteiger partial charge is 0.335 e. The highest BCUT2D eigenvalue weighted by Gasteiger charge is 2.36. The molecule has 0 radical (unpaired) electrons. The maximum absolute atomic E-state index is 12.7. The van der Waals surface area contributed by atoms with Crippen molar-refractivity contribution in [3.8, 4) is 5.75 Å². The van der Waals surface area contributed by atoms with Gasteiger partial charge in [-0.05, 0) is 49.4 Å². The number of imide groups is 2. The lowest BCUT2D eigenvalue weighted by Gasteiger charge is -2.26. The predicted molar refractivity (Wildman–Crippen MR) is 92.0 cm³/mol. The van der Waals surface area contributed by atoms with Crippen molar-refractivity contribution in [2.45, 2.75) is 6.92 Å². The minimum atomic E-state index is -0.775. The summed E-state index contributed by atoms with van der Waals surface area (Å²) >= 11 is 0. The van der Waals surface area contributed by atoms with Crippen LogP contribution >= 0.6 is 0 Å². The highest BCUT2D eigenvalue weighted by molar-refractivity contribution is 6.39. The SMILES string of the molecule is CCOc1ccc(N2C(=O)NC(=O)C(=Cc3cccn3C)C2=O)cc1. The largest absolute Gasteiger partial charge is 0.494 e. The van der Waals surface area contributed by atoms with Gasteiger partial charge in [-0.1, -0.05) is 0 Å². The molecule has 0 unspecified atom stereocenters. The second-order valence-corrected chi connectivity index (χ2v) is 5.43. The fourth-order valence-corrected chi connectivity index (χ4v) is 2.52. The first-order chi connectivity index (χ1) is 12.0. The van der Waals surface area contributed by atoms with Crippen molar-refractivity contribution in [2.24, 2.45) is 7.05 Å². The second-order valence-electron chi connectivity index (χ2n) is 5.43. The van der Waals surface area contributed by atoms with Crippen LogP contribution in [0.1, 0.15) is 12.6 Å². The molecule has 128 valence electrons. The van der Waals surface area contributed by atoms with Crippen molar-refractivity contribution >= 4 is 29.6 Å². The number of rotatable bonds is 4. The molecule has 1 saturated heterocycles. The summed E-state index contributed by atoms with van der Waals surface area (Å²) in [6, 6.07) is 9.31. The molecule has 1 aromatic carbocycles. The third-order valence-corrected chi connectivity index (χ3v) is 3.78. The minimum absolute atomic E-state index is 0.102. The summed E-state index contributed by atoms with van der Waals surface area (Å²) in [5, 5.41) is 2.20. The van der Waals surface area contributed by atoms with Gasteiger partial charge in [0.1, 0.15) is 11.3 Å². The molecule has 0 saturated carbocycles. The van der Waals surface area contributed by atoms with E-state index in [2.05, 4.69) is 5.32 Å². The van der Waals surface area contributed by atoms with Crippen LogP contribution in [0.15, 0.2) is 48.2 Å². The number of hydrogen-bond acceptors (Lipinski definition) is 4. The molecule has 25 heavy (non-hydrogen) atoms. The van der Waals surface area contributed by atoms with E-state index >= 15 is 0 Å². The fraction of sp³-hybridized carbons (Fsp3) is 0.167. The number of carbonyl (C=O) groups excluding carboxylic acids is 3. The van der Waals surface area contributed by atoms with Gasteiger partial charge >= 0.3 is 6.03 Å². The van der Waals surface area contributed by atoms with Gasteiger partial charge in [0, 0.05) is 18.9 Å². The average Bonchev–Trinajstić information content (AvgIpc) is 2.98. The quantitative estimate of drug-likeness (QED) is 0.683. The molecule has 7 nitrogen and oxygen atoms in total. The first-order valence-electron chi connectivity index (χ1n) is 7.77. The van der Waals surface area contributed by atoms with Crippen LogP contribution in [0.5, 0.6) is 5.75 Å². The fourth-order valence-electron chi connectivity index (χ4n) is 2.52. The number of aryl methyl sites for hydroxylation is 1. The van der Waals surface area contributed by atoms with E-state index in [1.165, 1.54) is 6.08 Å². The molecule has 0 atom stereocenters. The van der Waals surface area contributed by atoms with E-state index in [1.54, 1.807) is 54.2 Å². The Labute approximate surface area is 144 Å². The number of benzene rings is 1. The number of urea groups is 1. The van der Waals surface area contributed by atoms with Gasteiger partial charge in [0.15, 0.2) is 0 Å². The van der Waals surface area contributed by atoms with Gasteiger partial charge in [-0.3, -0.25) is 14.9 Å². The van der Waals surface area contributed by atoms with Gasteiger partial charge in [0.2, 0.25) is 0 Å². The Morgan fingerprint density at radius 1 is 1.12 bits per heavy atom. The summed E-state index contributed by atoms with van der Waals surface area (Å²) in [4.78, 5) is 37.9. The Morgan fingerprint density at radius 3 is 2.44 bits per heavy atom. The molecule has 1 aliphatic heterocycles. The van der Waals surface area contributed by atoms with E-state index in [0.717, 1.165) is 4.90 Å². The molecule has 0 spiro atoms. The molecular weight excluding hydrogens is 322 g/mol. The minimum Gasteiger partial charge on any atom is -0.494 e. The number of carbonyl (C=O) groups is 3. The van der Waals surface area contributed by atoms with E-state index in [4.69, 9.17) is 4.74 Å². The Hall–Kier alpha value is -3.35. The summed E-state index contributed by atoms with van der Waals surface area (Å²) in [5.41, 5.74) is 0.936. The van der Waals surface area contributed by atoms with Crippen LogP contribution < -0.4 is 15.0 Å². The number of anilines is 1. The summed E-state index contributed by atoms with van der Waals surface area (Å²) < 4.78 is 7.12. The average molecular weight is 339 g/mol. The lowest BCUT2D eigenvalue weighted by atomic mass is 10.1. The van der Waals surface area contributed by atoms with Crippen LogP contribution in [-0.2, 0) is 16.6 Å². The van der Waals surface area contributed by atoms with Crippen molar-refractivity contribution in [1.82, 2.24) is 9.88 Å². The molecule has 0 bridgehead atoms. The highest BCUT2D eigenvalue weighted by atomic mass is 16.5. The molecule has 3 rings (SSSR count). The first-order valence-corrected chi connectivity index (χ1v) is 7.77. The molecule has 1 N–H and O–H groups in total. The highest BCUT2D eigenvalue weighted by Crippen LogP contribution is 2.24. The normalized spacial score (nSPS) is 16.3. The number of aromatic nitrogens is 1. The number of nitrogens with zero attached hydrogens (tertiary/aromatic N) is 2. The van der Waals surface area contributed by atoms with Crippen LogP contribution in [0.25, 0.3) is 6.08 Å². The summed E-state index contributed by atoms with van der Waals surface area (Å²) in [7, 11) is 1.80.